The van der Waals surface area contributed by atoms with Crippen molar-refractivity contribution in [3.63, 3.8) is 0 Å². The number of aromatic nitrogens is 9. The molecule has 6 aromatic heterocycles. The molecule has 4 N–H and O–H groups in total. The molecule has 16 heteroatoms. The molecule has 296 valence electrons. The van der Waals surface area contributed by atoms with Crippen LogP contribution in [-0.4, -0.2) is 92.9 Å². The number of hydrogen-bond donors (Lipinski definition) is 4. The van der Waals surface area contributed by atoms with Gasteiger partial charge in [-0.15, -0.1) is 0 Å². The van der Waals surface area contributed by atoms with Gasteiger partial charge < -0.3 is 21.1 Å². The summed E-state index contributed by atoms with van der Waals surface area (Å²) in [6.07, 6.45) is 10.7. The van der Waals surface area contributed by atoms with Crippen LogP contribution in [-0.2, 0) is 18.4 Å². The summed E-state index contributed by atoms with van der Waals surface area (Å²) in [6, 6.07) is 11.3. The van der Waals surface area contributed by atoms with Gasteiger partial charge in [0.2, 0.25) is 0 Å². The van der Waals surface area contributed by atoms with Crippen molar-refractivity contribution in [2.75, 3.05) is 19.6 Å². The van der Waals surface area contributed by atoms with Gasteiger partial charge in [-0.2, -0.15) is 15.3 Å². The van der Waals surface area contributed by atoms with Crippen LogP contribution in [0.4, 0.5) is 0 Å². The van der Waals surface area contributed by atoms with E-state index in [1.807, 2.05) is 59.6 Å². The Kier molecular flexibility index (Phi) is 9.22. The molecule has 4 unspecified atom stereocenters. The molecule has 3 aliphatic heterocycles. The van der Waals surface area contributed by atoms with E-state index in [1.165, 1.54) is 0 Å². The highest BCUT2D eigenvalue weighted by atomic mass is 16.3. The quantitative estimate of drug-likeness (QED) is 0.159. The van der Waals surface area contributed by atoms with Crippen LogP contribution < -0.4 is 16.0 Å². The number of aryl methyl sites for hydroxylation is 3. The lowest BCUT2D eigenvalue weighted by atomic mass is 9.91. The summed E-state index contributed by atoms with van der Waals surface area (Å²) in [5, 5.41) is 33.3. The average molecular weight is 781 g/mol. The molecule has 9 heterocycles. The first kappa shape index (κ1) is 37.1. The van der Waals surface area contributed by atoms with Gasteiger partial charge >= 0.3 is 0 Å². The number of amides is 3. The van der Waals surface area contributed by atoms with Gasteiger partial charge in [0, 0.05) is 77.9 Å². The Balaban J connectivity index is 0.932. The van der Waals surface area contributed by atoms with Gasteiger partial charge in [-0.3, -0.25) is 43.4 Å². The van der Waals surface area contributed by atoms with Crippen LogP contribution in [0.2, 0.25) is 0 Å². The van der Waals surface area contributed by atoms with Gasteiger partial charge in [0.1, 0.15) is 17.1 Å². The van der Waals surface area contributed by atoms with E-state index in [9.17, 15) is 19.5 Å². The van der Waals surface area contributed by atoms with Crippen molar-refractivity contribution in [1.29, 1.82) is 0 Å². The van der Waals surface area contributed by atoms with Crippen molar-refractivity contribution < 1.29 is 19.5 Å². The number of fused-ring (bicyclic) bond motifs is 3. The fourth-order valence-electron chi connectivity index (χ4n) is 8.62. The highest BCUT2D eigenvalue weighted by molar-refractivity contribution is 6.01. The molecule has 0 bridgehead atoms. The van der Waals surface area contributed by atoms with E-state index in [1.54, 1.807) is 42.6 Å². The van der Waals surface area contributed by atoms with Crippen LogP contribution in [0.1, 0.15) is 93.0 Å². The zero-order valence-corrected chi connectivity index (χ0v) is 32.7. The van der Waals surface area contributed by atoms with Gasteiger partial charge in [-0.05, 0) is 100 Å². The lowest BCUT2D eigenvalue weighted by Gasteiger charge is -2.35. The number of carbonyl (C=O) groups is 3. The minimum Gasteiger partial charge on any atom is -0.391 e. The van der Waals surface area contributed by atoms with E-state index >= 15 is 0 Å². The Labute approximate surface area is 334 Å². The standard InChI is InChI=1S/C42H44N12O4/c1-23-12-26(8-10-43-23)32-18-48-52-31(17-45-39(56)36(32)52)7-5-6-29-14-27(9-11-44-29)33-20-50-54-38(33)41(58)47-22-42(54,4)16-30-15-28(13-24(2)51-30)34-19-49-53-35(25(3)55)21-46-40(57)37(34)53/h8-15,18-20,25,31,35,55H,5-7,16-17,21-22H2,1-4H3,(H,45,56)(H,46,57)(H,47,58). The highest BCUT2D eigenvalue weighted by Crippen LogP contribution is 2.35. The van der Waals surface area contributed by atoms with Crippen LogP contribution in [0.5, 0.6) is 0 Å². The summed E-state index contributed by atoms with van der Waals surface area (Å²) in [7, 11) is 0. The number of aliphatic hydroxyl groups excluding tert-OH is 1. The minimum absolute atomic E-state index is 0.00291. The number of nitrogens with zero attached hydrogens (tertiary/aromatic N) is 9. The third-order valence-corrected chi connectivity index (χ3v) is 11.5. The molecule has 0 aliphatic carbocycles. The molecule has 0 saturated heterocycles. The molecule has 4 atom stereocenters. The second-order valence-corrected chi connectivity index (χ2v) is 15.9. The lowest BCUT2D eigenvalue weighted by Crippen LogP contribution is -2.51. The number of aliphatic hydroxyl groups is 1. The maximum Gasteiger partial charge on any atom is 0.270 e. The third-order valence-electron chi connectivity index (χ3n) is 11.5. The molecule has 6 aromatic rings. The number of rotatable bonds is 10. The van der Waals surface area contributed by atoms with Crippen LogP contribution in [0.25, 0.3) is 33.4 Å². The van der Waals surface area contributed by atoms with Crippen molar-refractivity contribution in [1.82, 2.24) is 60.2 Å². The highest BCUT2D eigenvalue weighted by Gasteiger charge is 2.39. The smallest absolute Gasteiger partial charge is 0.270 e. The van der Waals surface area contributed by atoms with E-state index in [-0.39, 0.29) is 29.8 Å². The summed E-state index contributed by atoms with van der Waals surface area (Å²) in [4.78, 5) is 53.3. The summed E-state index contributed by atoms with van der Waals surface area (Å²) in [5.41, 5.74) is 8.80. The Bertz CT molecular complexity index is 2610. The molecule has 0 aromatic carbocycles. The van der Waals surface area contributed by atoms with Gasteiger partial charge in [-0.25, -0.2) is 0 Å². The summed E-state index contributed by atoms with van der Waals surface area (Å²) in [6.45, 7) is 8.72. The van der Waals surface area contributed by atoms with E-state index < -0.39 is 11.6 Å². The zero-order chi connectivity index (χ0) is 40.3. The Morgan fingerprint density at radius 3 is 2.16 bits per heavy atom. The molecule has 3 amide bonds. The van der Waals surface area contributed by atoms with Crippen molar-refractivity contribution >= 4 is 17.7 Å². The lowest BCUT2D eigenvalue weighted by molar-refractivity contribution is 0.0804. The molecular formula is C42H44N12O4. The maximum atomic E-state index is 13.5. The molecule has 9 rings (SSSR count). The van der Waals surface area contributed by atoms with Crippen molar-refractivity contribution in [3.05, 3.63) is 107 Å². The van der Waals surface area contributed by atoms with Gasteiger partial charge in [-0.1, -0.05) is 0 Å². The largest absolute Gasteiger partial charge is 0.391 e. The molecule has 0 fully saturated rings. The number of carbonyl (C=O) groups excluding carboxylic acids is 3. The normalized spacial score (nSPS) is 20.4. The van der Waals surface area contributed by atoms with Crippen LogP contribution in [0.3, 0.4) is 0 Å². The molecule has 0 saturated carbocycles. The second kappa shape index (κ2) is 14.4. The van der Waals surface area contributed by atoms with E-state index in [0.717, 1.165) is 57.9 Å². The number of nitrogens with one attached hydrogen (secondary N) is 3. The average Bonchev–Trinajstić information content (AvgIpc) is 3.97. The fraction of sp³-hybridized carbons (Fsp3) is 0.357. The van der Waals surface area contributed by atoms with Crippen LogP contribution in [0.15, 0.2) is 67.4 Å². The van der Waals surface area contributed by atoms with Crippen molar-refractivity contribution in [2.24, 2.45) is 0 Å². The topological polar surface area (TPSA) is 200 Å². The van der Waals surface area contributed by atoms with Crippen LogP contribution in [0, 0.1) is 13.8 Å². The van der Waals surface area contributed by atoms with E-state index in [4.69, 9.17) is 10.1 Å². The SMILES string of the molecule is Cc1cc(-c2cnn3c2C(=O)NCC3CCCc2cc(-c3cnn4c3C(=O)NCC4(C)Cc3cc(-c4cnn5c4C(=O)NCC5C(C)O)cc(C)n3)ccn2)ccn1. The van der Waals surface area contributed by atoms with Gasteiger partial charge in [0.25, 0.3) is 17.7 Å². The van der Waals surface area contributed by atoms with Gasteiger partial charge in [0.05, 0.1) is 42.3 Å². The molecule has 16 nitrogen and oxygen atoms in total. The molecular weight excluding hydrogens is 737 g/mol. The third kappa shape index (κ3) is 6.52. The number of hydrogen-bond acceptors (Lipinski definition) is 10. The van der Waals surface area contributed by atoms with Gasteiger partial charge in [0.15, 0.2) is 0 Å². The summed E-state index contributed by atoms with van der Waals surface area (Å²) >= 11 is 0. The predicted octanol–water partition coefficient (Wildman–Crippen LogP) is 3.75. The molecule has 0 spiro atoms. The van der Waals surface area contributed by atoms with E-state index in [0.29, 0.717) is 60.7 Å². The summed E-state index contributed by atoms with van der Waals surface area (Å²) in [5.74, 6) is -0.580. The first-order valence-corrected chi connectivity index (χ1v) is 19.6. The Hall–Kier alpha value is -6.55. The predicted molar refractivity (Wildman–Crippen MR) is 213 cm³/mol. The molecule has 58 heavy (non-hydrogen) atoms. The molecule has 0 radical (unpaired) electrons. The van der Waals surface area contributed by atoms with Crippen molar-refractivity contribution in [3.8, 4) is 33.4 Å². The summed E-state index contributed by atoms with van der Waals surface area (Å²) < 4.78 is 5.28. The monoisotopic (exact) mass is 780 g/mol. The zero-order valence-electron chi connectivity index (χ0n) is 32.7. The fourth-order valence-corrected chi connectivity index (χ4v) is 8.62. The first-order valence-electron chi connectivity index (χ1n) is 19.6. The van der Waals surface area contributed by atoms with E-state index in [2.05, 4.69) is 43.0 Å². The van der Waals surface area contributed by atoms with Crippen molar-refractivity contribution in [2.45, 2.75) is 77.1 Å². The Morgan fingerprint density at radius 1 is 0.759 bits per heavy atom. The Morgan fingerprint density at radius 2 is 1.38 bits per heavy atom. The first-order chi connectivity index (χ1) is 28.0. The number of pyridine rings is 3. The van der Waals surface area contributed by atoms with Crippen LogP contribution >= 0.6 is 0 Å². The minimum atomic E-state index is -0.696. The second-order valence-electron chi connectivity index (χ2n) is 15.9. The maximum absolute atomic E-state index is 13.5. The molecule has 3 aliphatic rings.